The molecule has 13 heavy (non-hydrogen) atoms. The van der Waals surface area contributed by atoms with Crippen molar-refractivity contribution >= 4 is 5.97 Å². The number of H-pyrrole nitrogens is 1. The van der Waals surface area contributed by atoms with E-state index in [0.717, 1.165) is 0 Å². The van der Waals surface area contributed by atoms with E-state index < -0.39 is 5.97 Å². The van der Waals surface area contributed by atoms with Crippen molar-refractivity contribution in [2.24, 2.45) is 0 Å². The van der Waals surface area contributed by atoms with Gasteiger partial charge in [0.2, 0.25) is 0 Å². The van der Waals surface area contributed by atoms with Crippen molar-refractivity contribution in [3.05, 3.63) is 17.0 Å². The lowest BCUT2D eigenvalue weighted by molar-refractivity contribution is 0.0518. The molecule has 0 atom stereocenters. The van der Waals surface area contributed by atoms with E-state index in [2.05, 4.69) is 16.1 Å². The van der Waals surface area contributed by atoms with Crippen molar-refractivity contribution in [2.75, 3.05) is 6.61 Å². The Morgan fingerprint density at radius 1 is 1.77 bits per heavy atom. The molecule has 0 fully saturated rings. The van der Waals surface area contributed by atoms with Crippen LogP contribution in [0.1, 0.15) is 28.7 Å². The van der Waals surface area contributed by atoms with Crippen LogP contribution < -0.4 is 0 Å². The Balaban J connectivity index is 2.97. The quantitative estimate of drug-likeness (QED) is 0.540. The normalized spacial score (nSPS) is 9.31. The summed E-state index contributed by atoms with van der Waals surface area (Å²) in [4.78, 5) is 11.2. The van der Waals surface area contributed by atoms with E-state index in [-0.39, 0.29) is 5.69 Å². The number of ether oxygens (including phenoxy) is 1. The maximum absolute atomic E-state index is 11.2. The lowest BCUT2D eigenvalue weighted by Crippen LogP contribution is -2.06. The highest BCUT2D eigenvalue weighted by Crippen LogP contribution is 2.09. The fourth-order valence-corrected chi connectivity index (χ4v) is 0.937. The lowest BCUT2D eigenvalue weighted by atomic mass is 10.2. The number of nitrogens with one attached hydrogen (secondary N) is 1. The summed E-state index contributed by atoms with van der Waals surface area (Å²) < 4.78 is 4.78. The Labute approximate surface area is 76.3 Å². The maximum atomic E-state index is 11.2. The van der Waals surface area contributed by atoms with Crippen molar-refractivity contribution < 1.29 is 9.53 Å². The van der Waals surface area contributed by atoms with E-state index in [0.29, 0.717) is 17.9 Å². The summed E-state index contributed by atoms with van der Waals surface area (Å²) in [6, 6.07) is 0. The van der Waals surface area contributed by atoms with Gasteiger partial charge in [0.1, 0.15) is 5.69 Å². The second kappa shape index (κ2) is 3.76. The average molecular weight is 178 g/mol. The monoisotopic (exact) mass is 178 g/mol. The molecule has 0 unspecified atom stereocenters. The van der Waals surface area contributed by atoms with Crippen LogP contribution in [0, 0.1) is 19.3 Å². The molecule has 1 aromatic heterocycles. The predicted molar refractivity (Wildman–Crippen MR) is 47.2 cm³/mol. The average Bonchev–Trinajstić information content (AvgIpc) is 2.47. The Morgan fingerprint density at radius 3 is 2.92 bits per heavy atom. The Morgan fingerprint density at radius 2 is 2.46 bits per heavy atom. The van der Waals surface area contributed by atoms with Crippen LogP contribution in [0.15, 0.2) is 0 Å². The molecule has 4 nitrogen and oxygen atoms in total. The third-order valence-electron chi connectivity index (χ3n) is 1.62. The molecule has 1 rings (SSSR count). The van der Waals surface area contributed by atoms with Crippen LogP contribution in [0.3, 0.4) is 0 Å². The van der Waals surface area contributed by atoms with Crippen molar-refractivity contribution in [1.29, 1.82) is 0 Å². The molecule has 0 aliphatic heterocycles. The molecule has 1 N–H and O–H groups in total. The standard InChI is InChI=1S/C9H10N2O2/c1-4-7-6(3)8(11-10-7)9(12)13-5-2/h1H,5H2,2-3H3,(H,10,11). The molecule has 0 saturated heterocycles. The minimum absolute atomic E-state index is 0.259. The van der Waals surface area contributed by atoms with E-state index in [9.17, 15) is 4.79 Å². The first-order valence-corrected chi connectivity index (χ1v) is 3.89. The number of rotatable bonds is 2. The number of aromatic amines is 1. The van der Waals surface area contributed by atoms with Crippen LogP contribution in [-0.2, 0) is 4.74 Å². The van der Waals surface area contributed by atoms with Crippen LogP contribution in [0.2, 0.25) is 0 Å². The maximum Gasteiger partial charge on any atom is 0.359 e. The molecular formula is C9H10N2O2. The van der Waals surface area contributed by atoms with Gasteiger partial charge in [0.05, 0.1) is 6.61 Å². The summed E-state index contributed by atoms with van der Waals surface area (Å²) in [5, 5.41) is 6.34. The van der Waals surface area contributed by atoms with E-state index in [1.165, 1.54) is 0 Å². The largest absolute Gasteiger partial charge is 0.461 e. The molecule has 0 aliphatic rings. The summed E-state index contributed by atoms with van der Waals surface area (Å²) in [6.07, 6.45) is 5.16. The van der Waals surface area contributed by atoms with E-state index >= 15 is 0 Å². The van der Waals surface area contributed by atoms with Crippen molar-refractivity contribution in [3.8, 4) is 12.3 Å². The molecule has 0 saturated carbocycles. The van der Waals surface area contributed by atoms with Gasteiger partial charge < -0.3 is 4.74 Å². The SMILES string of the molecule is C#Cc1[nH]nc(C(=O)OCC)c1C. The molecule has 0 aliphatic carbocycles. The Bertz CT molecular complexity index is 360. The van der Waals surface area contributed by atoms with Crippen molar-refractivity contribution in [2.45, 2.75) is 13.8 Å². The van der Waals surface area contributed by atoms with Gasteiger partial charge in [-0.15, -0.1) is 6.42 Å². The molecule has 1 aromatic rings. The van der Waals surface area contributed by atoms with E-state index in [1.54, 1.807) is 13.8 Å². The number of carbonyl (C=O) groups is 1. The molecule has 0 amide bonds. The van der Waals surface area contributed by atoms with Gasteiger partial charge >= 0.3 is 5.97 Å². The van der Waals surface area contributed by atoms with Crippen LogP contribution >= 0.6 is 0 Å². The topological polar surface area (TPSA) is 55.0 Å². The second-order valence-electron chi connectivity index (χ2n) is 2.44. The highest BCUT2D eigenvalue weighted by Gasteiger charge is 2.15. The number of hydrogen-bond acceptors (Lipinski definition) is 3. The highest BCUT2D eigenvalue weighted by atomic mass is 16.5. The number of terminal acetylenes is 1. The predicted octanol–water partition coefficient (Wildman–Crippen LogP) is 0.876. The lowest BCUT2D eigenvalue weighted by Gasteiger charge is -1.97. The Kier molecular flexibility index (Phi) is 2.70. The molecule has 0 radical (unpaired) electrons. The van der Waals surface area contributed by atoms with Crippen LogP contribution in [-0.4, -0.2) is 22.8 Å². The molecule has 1 heterocycles. The zero-order valence-electron chi connectivity index (χ0n) is 7.55. The Hall–Kier alpha value is -1.76. The summed E-state index contributed by atoms with van der Waals surface area (Å²) in [6.45, 7) is 3.80. The van der Waals surface area contributed by atoms with Gasteiger partial charge in [0.15, 0.2) is 5.69 Å². The van der Waals surface area contributed by atoms with E-state index in [4.69, 9.17) is 11.2 Å². The third-order valence-corrected chi connectivity index (χ3v) is 1.62. The number of esters is 1. The van der Waals surface area contributed by atoms with Crippen molar-refractivity contribution in [1.82, 2.24) is 10.2 Å². The fraction of sp³-hybridized carbons (Fsp3) is 0.333. The van der Waals surface area contributed by atoms with Crippen LogP contribution in [0.4, 0.5) is 0 Å². The van der Waals surface area contributed by atoms with Gasteiger partial charge in [-0.05, 0) is 13.8 Å². The third kappa shape index (κ3) is 1.70. The first kappa shape index (κ1) is 9.33. The minimum atomic E-state index is -0.447. The minimum Gasteiger partial charge on any atom is -0.461 e. The second-order valence-corrected chi connectivity index (χ2v) is 2.44. The van der Waals surface area contributed by atoms with Gasteiger partial charge in [0.25, 0.3) is 0 Å². The van der Waals surface area contributed by atoms with Crippen LogP contribution in [0.5, 0.6) is 0 Å². The smallest absolute Gasteiger partial charge is 0.359 e. The number of carbonyl (C=O) groups excluding carboxylic acids is 1. The highest BCUT2D eigenvalue weighted by molar-refractivity contribution is 5.89. The zero-order chi connectivity index (χ0) is 9.84. The molecule has 4 heteroatoms. The molecule has 68 valence electrons. The number of hydrogen-bond donors (Lipinski definition) is 1. The van der Waals surface area contributed by atoms with Gasteiger partial charge in [-0.2, -0.15) is 5.10 Å². The van der Waals surface area contributed by atoms with Gasteiger partial charge in [0, 0.05) is 5.56 Å². The number of nitrogens with zero attached hydrogens (tertiary/aromatic N) is 1. The van der Waals surface area contributed by atoms with Gasteiger partial charge in [-0.3, -0.25) is 5.10 Å². The zero-order valence-corrected chi connectivity index (χ0v) is 7.55. The number of aromatic nitrogens is 2. The first-order chi connectivity index (χ1) is 6.20. The molecule has 0 bridgehead atoms. The summed E-state index contributed by atoms with van der Waals surface area (Å²) in [5.41, 5.74) is 1.43. The molecule has 0 aromatic carbocycles. The van der Waals surface area contributed by atoms with Crippen molar-refractivity contribution in [3.63, 3.8) is 0 Å². The summed E-state index contributed by atoms with van der Waals surface area (Å²) >= 11 is 0. The summed E-state index contributed by atoms with van der Waals surface area (Å²) in [5.74, 6) is 1.94. The fourth-order valence-electron chi connectivity index (χ4n) is 0.937. The molecular weight excluding hydrogens is 168 g/mol. The first-order valence-electron chi connectivity index (χ1n) is 3.89. The van der Waals surface area contributed by atoms with Gasteiger partial charge in [-0.1, -0.05) is 5.92 Å². The van der Waals surface area contributed by atoms with E-state index in [1.807, 2.05) is 0 Å². The van der Waals surface area contributed by atoms with Gasteiger partial charge in [-0.25, -0.2) is 4.79 Å². The summed E-state index contributed by atoms with van der Waals surface area (Å²) in [7, 11) is 0. The molecule has 0 spiro atoms. The van der Waals surface area contributed by atoms with Crippen LogP contribution in [0.25, 0.3) is 0 Å².